The molecule has 1 aromatic carbocycles. The average molecular weight is 281 g/mol. The third-order valence-electron chi connectivity index (χ3n) is 3.25. The molecule has 1 amide bonds. The highest BCUT2D eigenvalue weighted by molar-refractivity contribution is 5.90. The first kappa shape index (κ1) is 13.3. The van der Waals surface area contributed by atoms with Gasteiger partial charge in [-0.3, -0.25) is 4.79 Å². The fourth-order valence-electron chi connectivity index (χ4n) is 2.26. The van der Waals surface area contributed by atoms with Crippen molar-refractivity contribution < 1.29 is 4.79 Å². The van der Waals surface area contributed by atoms with E-state index in [1.54, 1.807) is 16.9 Å². The lowest BCUT2D eigenvalue weighted by molar-refractivity contribution is 0.0995. The number of carbonyl (C=O) groups excluding carboxylic acids is 1. The summed E-state index contributed by atoms with van der Waals surface area (Å²) in [6.07, 6.45) is 2.36. The molecule has 0 spiro atoms. The van der Waals surface area contributed by atoms with E-state index in [1.165, 1.54) is 0 Å². The molecule has 3 rings (SSSR count). The van der Waals surface area contributed by atoms with Gasteiger partial charge in [0.25, 0.3) is 5.91 Å². The molecule has 0 aliphatic heterocycles. The van der Waals surface area contributed by atoms with Gasteiger partial charge in [0.2, 0.25) is 0 Å². The smallest absolute Gasteiger partial charge is 0.269 e. The zero-order valence-corrected chi connectivity index (χ0v) is 11.4. The zero-order chi connectivity index (χ0) is 14.8. The molecular formula is C15H15N5O. The maximum Gasteiger partial charge on any atom is 0.269 e. The Balaban J connectivity index is 2.18. The van der Waals surface area contributed by atoms with Crippen LogP contribution in [0.3, 0.4) is 0 Å². The van der Waals surface area contributed by atoms with Gasteiger partial charge >= 0.3 is 0 Å². The number of primary amides is 1. The highest BCUT2D eigenvalue weighted by atomic mass is 16.1. The standard InChI is InChI=1S/C15H15N5O/c16-7-5-11-9-10-3-1-2-4-12(10)18-15(11)20-8-6-13(19-20)14(17)21/h1-4,6,8-9H,5,7,16H2,(H2,17,21). The maximum absolute atomic E-state index is 11.2. The van der Waals surface area contributed by atoms with Crippen LogP contribution in [-0.2, 0) is 6.42 Å². The Morgan fingerprint density at radius 1 is 1.24 bits per heavy atom. The lowest BCUT2D eigenvalue weighted by Crippen LogP contribution is -2.13. The monoisotopic (exact) mass is 281 g/mol. The first-order valence-electron chi connectivity index (χ1n) is 6.63. The molecule has 0 aliphatic rings. The van der Waals surface area contributed by atoms with Crippen LogP contribution in [0.1, 0.15) is 16.1 Å². The van der Waals surface area contributed by atoms with Crippen molar-refractivity contribution in [3.05, 3.63) is 53.9 Å². The number of nitrogens with two attached hydrogens (primary N) is 2. The molecule has 0 fully saturated rings. The lowest BCUT2D eigenvalue weighted by atomic mass is 10.1. The lowest BCUT2D eigenvalue weighted by Gasteiger charge is -2.10. The van der Waals surface area contributed by atoms with Gasteiger partial charge in [0.15, 0.2) is 5.82 Å². The SMILES string of the molecule is NCCc1cc2ccccc2nc1-n1ccc(C(N)=O)n1. The molecule has 0 saturated carbocycles. The van der Waals surface area contributed by atoms with Gasteiger partial charge in [-0.05, 0) is 36.7 Å². The van der Waals surface area contributed by atoms with Crippen molar-refractivity contribution in [3.8, 4) is 5.82 Å². The Bertz CT molecular complexity index is 809. The number of hydrogen-bond donors (Lipinski definition) is 2. The van der Waals surface area contributed by atoms with Crippen LogP contribution in [0, 0.1) is 0 Å². The Labute approximate surface area is 121 Å². The number of fused-ring (bicyclic) bond motifs is 1. The van der Waals surface area contributed by atoms with Gasteiger partial charge in [0.05, 0.1) is 5.52 Å². The van der Waals surface area contributed by atoms with Gasteiger partial charge < -0.3 is 11.5 Å². The van der Waals surface area contributed by atoms with E-state index >= 15 is 0 Å². The van der Waals surface area contributed by atoms with Crippen molar-refractivity contribution in [2.45, 2.75) is 6.42 Å². The number of pyridine rings is 1. The molecule has 6 heteroatoms. The minimum absolute atomic E-state index is 0.212. The molecule has 3 aromatic rings. The fourth-order valence-corrected chi connectivity index (χ4v) is 2.26. The van der Waals surface area contributed by atoms with E-state index in [0.29, 0.717) is 18.8 Å². The van der Waals surface area contributed by atoms with Crippen LogP contribution in [-0.4, -0.2) is 27.2 Å². The van der Waals surface area contributed by atoms with Gasteiger partial charge in [-0.25, -0.2) is 9.67 Å². The maximum atomic E-state index is 11.2. The molecular weight excluding hydrogens is 266 g/mol. The molecule has 0 atom stereocenters. The van der Waals surface area contributed by atoms with Gasteiger partial charge in [-0.1, -0.05) is 18.2 Å². The molecule has 21 heavy (non-hydrogen) atoms. The van der Waals surface area contributed by atoms with Crippen molar-refractivity contribution in [2.24, 2.45) is 11.5 Å². The van der Waals surface area contributed by atoms with Crippen LogP contribution in [0.15, 0.2) is 42.6 Å². The fraction of sp³-hybridized carbons (Fsp3) is 0.133. The predicted octanol–water partition coefficient (Wildman–Crippen LogP) is 1.02. The molecule has 4 N–H and O–H groups in total. The Kier molecular flexibility index (Phi) is 3.37. The second kappa shape index (κ2) is 5.34. The van der Waals surface area contributed by atoms with E-state index in [4.69, 9.17) is 11.5 Å². The van der Waals surface area contributed by atoms with Crippen LogP contribution in [0.4, 0.5) is 0 Å². The quantitative estimate of drug-likeness (QED) is 0.745. The number of hydrogen-bond acceptors (Lipinski definition) is 4. The Morgan fingerprint density at radius 3 is 2.76 bits per heavy atom. The normalized spacial score (nSPS) is 10.9. The Hall–Kier alpha value is -2.73. The number of aromatic nitrogens is 3. The topological polar surface area (TPSA) is 99.8 Å². The van der Waals surface area contributed by atoms with Crippen molar-refractivity contribution >= 4 is 16.8 Å². The van der Waals surface area contributed by atoms with Crippen LogP contribution in [0.2, 0.25) is 0 Å². The third-order valence-corrected chi connectivity index (χ3v) is 3.25. The van der Waals surface area contributed by atoms with E-state index in [1.807, 2.05) is 24.3 Å². The summed E-state index contributed by atoms with van der Waals surface area (Å²) in [5.41, 5.74) is 13.0. The van der Waals surface area contributed by atoms with Crippen molar-refractivity contribution in [3.63, 3.8) is 0 Å². The van der Waals surface area contributed by atoms with E-state index in [0.717, 1.165) is 16.5 Å². The number of nitrogens with zero attached hydrogens (tertiary/aromatic N) is 3. The summed E-state index contributed by atoms with van der Waals surface area (Å²) in [5.74, 6) is 0.113. The highest BCUT2D eigenvalue weighted by Gasteiger charge is 2.12. The number of rotatable bonds is 4. The molecule has 6 nitrogen and oxygen atoms in total. The summed E-state index contributed by atoms with van der Waals surface area (Å²) in [5, 5.41) is 5.22. The minimum Gasteiger partial charge on any atom is -0.364 e. The van der Waals surface area contributed by atoms with Gasteiger partial charge in [-0.2, -0.15) is 5.10 Å². The molecule has 106 valence electrons. The average Bonchev–Trinajstić information content (AvgIpc) is 2.97. The van der Waals surface area contributed by atoms with Crippen molar-refractivity contribution in [1.29, 1.82) is 0 Å². The molecule has 0 unspecified atom stereocenters. The molecule has 0 saturated heterocycles. The molecule has 0 bridgehead atoms. The largest absolute Gasteiger partial charge is 0.364 e. The second-order valence-corrected chi connectivity index (χ2v) is 4.71. The second-order valence-electron chi connectivity index (χ2n) is 4.71. The van der Waals surface area contributed by atoms with Crippen LogP contribution >= 0.6 is 0 Å². The summed E-state index contributed by atoms with van der Waals surface area (Å²) in [6.45, 7) is 0.511. The van der Waals surface area contributed by atoms with E-state index in [-0.39, 0.29) is 5.69 Å². The van der Waals surface area contributed by atoms with Crippen molar-refractivity contribution in [1.82, 2.24) is 14.8 Å². The molecule has 0 aliphatic carbocycles. The zero-order valence-electron chi connectivity index (χ0n) is 11.4. The summed E-state index contributed by atoms with van der Waals surface area (Å²) < 4.78 is 1.57. The highest BCUT2D eigenvalue weighted by Crippen LogP contribution is 2.20. The van der Waals surface area contributed by atoms with Crippen LogP contribution in [0.5, 0.6) is 0 Å². The van der Waals surface area contributed by atoms with Crippen LogP contribution < -0.4 is 11.5 Å². The Morgan fingerprint density at radius 2 is 2.05 bits per heavy atom. The van der Waals surface area contributed by atoms with Gasteiger partial charge in [-0.15, -0.1) is 0 Å². The van der Waals surface area contributed by atoms with Gasteiger partial charge in [0, 0.05) is 11.6 Å². The predicted molar refractivity (Wildman–Crippen MR) is 80.1 cm³/mol. The molecule has 0 radical (unpaired) electrons. The van der Waals surface area contributed by atoms with Crippen LogP contribution in [0.25, 0.3) is 16.7 Å². The van der Waals surface area contributed by atoms with E-state index in [9.17, 15) is 4.79 Å². The minimum atomic E-state index is -0.560. The third kappa shape index (κ3) is 2.48. The first-order valence-corrected chi connectivity index (χ1v) is 6.63. The number of benzene rings is 1. The van der Waals surface area contributed by atoms with Gasteiger partial charge in [0.1, 0.15) is 5.69 Å². The van der Waals surface area contributed by atoms with Crippen molar-refractivity contribution in [2.75, 3.05) is 6.54 Å². The summed E-state index contributed by atoms with van der Waals surface area (Å²) in [4.78, 5) is 15.8. The van der Waals surface area contributed by atoms with E-state index < -0.39 is 5.91 Å². The number of para-hydroxylation sites is 1. The summed E-state index contributed by atoms with van der Waals surface area (Å²) in [7, 11) is 0. The molecule has 2 heterocycles. The summed E-state index contributed by atoms with van der Waals surface area (Å²) >= 11 is 0. The van der Waals surface area contributed by atoms with E-state index in [2.05, 4.69) is 16.1 Å². The number of carbonyl (C=O) groups is 1. The summed E-state index contributed by atoms with van der Waals surface area (Å²) in [6, 6.07) is 11.5. The molecule has 2 aromatic heterocycles. The first-order chi connectivity index (χ1) is 10.2. The number of amides is 1.